The maximum atomic E-state index is 12.6. The number of amides is 1. The van der Waals surface area contributed by atoms with Gasteiger partial charge < -0.3 is 10.6 Å². The molecule has 0 spiro atoms. The Hall–Kier alpha value is -1.06. The summed E-state index contributed by atoms with van der Waals surface area (Å²) in [7, 11) is 0. The van der Waals surface area contributed by atoms with Crippen LogP contribution in [0.1, 0.15) is 35.2 Å². The van der Waals surface area contributed by atoms with Gasteiger partial charge in [-0.15, -0.1) is 0 Å². The molecule has 2 N–H and O–H groups in total. The van der Waals surface area contributed by atoms with Crippen LogP contribution in [0.2, 0.25) is 5.02 Å². The Kier molecular flexibility index (Phi) is 3.74. The minimum atomic E-state index is 0.110. The van der Waals surface area contributed by atoms with Crippen LogP contribution >= 0.6 is 11.6 Å². The molecular weight excluding hydrogens is 272 g/mol. The fourth-order valence-corrected chi connectivity index (χ4v) is 3.97. The molecule has 0 aromatic heterocycles. The largest absolute Gasteiger partial charge is 0.338 e. The SMILES string of the molecule is Cc1cc(Cl)cc(C(=O)N2C[C@H]3CCC(N)C[C@H]3C2)c1. The summed E-state index contributed by atoms with van der Waals surface area (Å²) in [6, 6.07) is 5.88. The van der Waals surface area contributed by atoms with Crippen molar-refractivity contribution in [3.63, 3.8) is 0 Å². The minimum Gasteiger partial charge on any atom is -0.338 e. The van der Waals surface area contributed by atoms with Crippen molar-refractivity contribution < 1.29 is 4.79 Å². The van der Waals surface area contributed by atoms with Gasteiger partial charge in [0.15, 0.2) is 0 Å². The number of hydrogen-bond acceptors (Lipinski definition) is 2. The van der Waals surface area contributed by atoms with Gasteiger partial charge in [0.05, 0.1) is 0 Å². The summed E-state index contributed by atoms with van der Waals surface area (Å²) in [5, 5.41) is 0.631. The average Bonchev–Trinajstić information content (AvgIpc) is 2.79. The first-order chi connectivity index (χ1) is 9.52. The number of fused-ring (bicyclic) bond motifs is 1. The van der Waals surface area contributed by atoms with E-state index in [0.717, 1.165) is 37.9 Å². The maximum absolute atomic E-state index is 12.6. The summed E-state index contributed by atoms with van der Waals surface area (Å²) in [5.41, 5.74) is 7.78. The van der Waals surface area contributed by atoms with Gasteiger partial charge in [-0.2, -0.15) is 0 Å². The zero-order valence-electron chi connectivity index (χ0n) is 11.8. The first-order valence-corrected chi connectivity index (χ1v) is 7.73. The predicted octanol–water partition coefficient (Wildman–Crippen LogP) is 2.85. The van der Waals surface area contributed by atoms with Crippen LogP contribution in [0, 0.1) is 18.8 Å². The molecule has 2 aliphatic rings. The van der Waals surface area contributed by atoms with E-state index < -0.39 is 0 Å². The second-order valence-corrected chi connectivity index (χ2v) is 6.76. The van der Waals surface area contributed by atoms with Crippen molar-refractivity contribution >= 4 is 17.5 Å². The molecule has 108 valence electrons. The molecule has 1 unspecified atom stereocenters. The molecule has 1 aliphatic carbocycles. The number of aryl methyl sites for hydroxylation is 1. The molecule has 1 saturated carbocycles. The highest BCUT2D eigenvalue weighted by atomic mass is 35.5. The second kappa shape index (κ2) is 5.38. The number of likely N-dealkylation sites (tertiary alicyclic amines) is 1. The maximum Gasteiger partial charge on any atom is 0.253 e. The van der Waals surface area contributed by atoms with Crippen LogP contribution in [-0.2, 0) is 0 Å². The lowest BCUT2D eigenvalue weighted by Gasteiger charge is -2.27. The topological polar surface area (TPSA) is 46.3 Å². The summed E-state index contributed by atoms with van der Waals surface area (Å²) in [6.45, 7) is 3.69. The predicted molar refractivity (Wildman–Crippen MR) is 80.9 cm³/mol. The Labute approximate surface area is 125 Å². The summed E-state index contributed by atoms with van der Waals surface area (Å²) in [6.07, 6.45) is 3.31. The molecule has 1 aliphatic heterocycles. The van der Waals surface area contributed by atoms with Crippen LogP contribution in [0.25, 0.3) is 0 Å². The monoisotopic (exact) mass is 292 g/mol. The van der Waals surface area contributed by atoms with Crippen molar-refractivity contribution in [1.29, 1.82) is 0 Å². The molecular formula is C16H21ClN2O. The van der Waals surface area contributed by atoms with E-state index in [2.05, 4.69) is 0 Å². The van der Waals surface area contributed by atoms with Crippen LogP contribution in [0.4, 0.5) is 0 Å². The number of benzene rings is 1. The molecule has 3 rings (SSSR count). The number of nitrogens with two attached hydrogens (primary N) is 1. The van der Waals surface area contributed by atoms with E-state index >= 15 is 0 Å². The van der Waals surface area contributed by atoms with Crippen molar-refractivity contribution in [3.8, 4) is 0 Å². The summed E-state index contributed by atoms with van der Waals surface area (Å²) in [5.74, 6) is 1.33. The molecule has 1 aromatic carbocycles. The molecule has 4 heteroatoms. The quantitative estimate of drug-likeness (QED) is 0.865. The lowest BCUT2D eigenvalue weighted by Crippen LogP contribution is -2.32. The number of halogens is 1. The molecule has 0 radical (unpaired) electrons. The van der Waals surface area contributed by atoms with Crippen LogP contribution in [0.3, 0.4) is 0 Å². The molecule has 0 bridgehead atoms. The Balaban J connectivity index is 1.75. The van der Waals surface area contributed by atoms with Crippen LogP contribution in [0.15, 0.2) is 18.2 Å². The third-order valence-corrected chi connectivity index (χ3v) is 4.88. The van der Waals surface area contributed by atoms with Gasteiger partial charge >= 0.3 is 0 Å². The molecule has 2 fully saturated rings. The van der Waals surface area contributed by atoms with E-state index in [4.69, 9.17) is 17.3 Å². The van der Waals surface area contributed by atoms with Crippen LogP contribution < -0.4 is 5.73 Å². The Morgan fingerprint density at radius 2 is 2.00 bits per heavy atom. The van der Waals surface area contributed by atoms with Gasteiger partial charge in [-0.25, -0.2) is 0 Å². The van der Waals surface area contributed by atoms with Gasteiger partial charge in [-0.05, 0) is 61.8 Å². The number of carbonyl (C=O) groups is 1. The molecule has 1 amide bonds. The van der Waals surface area contributed by atoms with E-state index in [1.165, 1.54) is 0 Å². The van der Waals surface area contributed by atoms with E-state index in [0.29, 0.717) is 28.5 Å². The van der Waals surface area contributed by atoms with Gasteiger partial charge in [0, 0.05) is 29.7 Å². The molecule has 1 aromatic rings. The zero-order valence-corrected chi connectivity index (χ0v) is 12.6. The van der Waals surface area contributed by atoms with Crippen LogP contribution in [-0.4, -0.2) is 29.9 Å². The normalized spacial score (nSPS) is 29.4. The molecule has 1 heterocycles. The van der Waals surface area contributed by atoms with Gasteiger partial charge in [0.1, 0.15) is 0 Å². The van der Waals surface area contributed by atoms with Crippen molar-refractivity contribution in [2.45, 2.75) is 32.2 Å². The number of hydrogen-bond donors (Lipinski definition) is 1. The molecule has 3 atom stereocenters. The highest BCUT2D eigenvalue weighted by Gasteiger charge is 2.38. The van der Waals surface area contributed by atoms with E-state index in [1.807, 2.05) is 24.0 Å². The molecule has 20 heavy (non-hydrogen) atoms. The lowest BCUT2D eigenvalue weighted by atomic mass is 9.79. The Morgan fingerprint density at radius 3 is 2.75 bits per heavy atom. The van der Waals surface area contributed by atoms with Gasteiger partial charge in [0.2, 0.25) is 0 Å². The van der Waals surface area contributed by atoms with E-state index in [-0.39, 0.29) is 5.91 Å². The molecule has 1 saturated heterocycles. The summed E-state index contributed by atoms with van der Waals surface area (Å²) >= 11 is 6.05. The third-order valence-electron chi connectivity index (χ3n) is 4.67. The number of carbonyl (C=O) groups excluding carboxylic acids is 1. The van der Waals surface area contributed by atoms with Crippen molar-refractivity contribution in [3.05, 3.63) is 34.3 Å². The zero-order chi connectivity index (χ0) is 14.3. The van der Waals surface area contributed by atoms with E-state index in [1.54, 1.807) is 6.07 Å². The highest BCUT2D eigenvalue weighted by molar-refractivity contribution is 6.31. The average molecular weight is 293 g/mol. The van der Waals surface area contributed by atoms with Crippen molar-refractivity contribution in [1.82, 2.24) is 4.90 Å². The number of nitrogens with zero attached hydrogens (tertiary/aromatic N) is 1. The minimum absolute atomic E-state index is 0.110. The summed E-state index contributed by atoms with van der Waals surface area (Å²) in [4.78, 5) is 14.6. The third kappa shape index (κ3) is 2.70. The second-order valence-electron chi connectivity index (χ2n) is 6.32. The van der Waals surface area contributed by atoms with Gasteiger partial charge in [-0.3, -0.25) is 4.79 Å². The Morgan fingerprint density at radius 1 is 1.25 bits per heavy atom. The van der Waals surface area contributed by atoms with Crippen LogP contribution in [0.5, 0.6) is 0 Å². The summed E-state index contributed by atoms with van der Waals surface area (Å²) < 4.78 is 0. The van der Waals surface area contributed by atoms with E-state index in [9.17, 15) is 4.79 Å². The lowest BCUT2D eigenvalue weighted by molar-refractivity contribution is 0.0784. The standard InChI is InChI=1S/C16H21ClN2O/c1-10-4-12(6-14(17)5-10)16(20)19-8-11-2-3-15(18)7-13(11)9-19/h4-6,11,13,15H,2-3,7-9,18H2,1H3/t11-,13+,15?/m1/s1. The van der Waals surface area contributed by atoms with Gasteiger partial charge in [0.25, 0.3) is 5.91 Å². The number of rotatable bonds is 1. The smallest absolute Gasteiger partial charge is 0.253 e. The first kappa shape index (κ1) is 13.9. The van der Waals surface area contributed by atoms with Crippen molar-refractivity contribution in [2.24, 2.45) is 17.6 Å². The fourth-order valence-electron chi connectivity index (χ4n) is 3.68. The van der Waals surface area contributed by atoms with Crippen molar-refractivity contribution in [2.75, 3.05) is 13.1 Å². The highest BCUT2D eigenvalue weighted by Crippen LogP contribution is 2.36. The Bertz CT molecular complexity index is 511. The fraction of sp³-hybridized carbons (Fsp3) is 0.562. The molecule has 3 nitrogen and oxygen atoms in total. The first-order valence-electron chi connectivity index (χ1n) is 7.35. The van der Waals surface area contributed by atoms with Gasteiger partial charge in [-0.1, -0.05) is 11.6 Å².